The molecular formula is C14H21ClFNO. The molecule has 0 aliphatic rings. The second-order valence-electron chi connectivity index (χ2n) is 5.45. The predicted molar refractivity (Wildman–Crippen MR) is 73.4 cm³/mol. The molecule has 0 radical (unpaired) electrons. The van der Waals surface area contributed by atoms with Crippen LogP contribution in [0.15, 0.2) is 18.2 Å². The quantitative estimate of drug-likeness (QED) is 0.835. The van der Waals surface area contributed by atoms with Crippen molar-refractivity contribution in [2.45, 2.75) is 32.8 Å². The summed E-state index contributed by atoms with van der Waals surface area (Å²) in [7, 11) is 0. The topological polar surface area (TPSA) is 32.3 Å². The van der Waals surface area contributed by atoms with Crippen LogP contribution in [0.25, 0.3) is 0 Å². The molecule has 0 spiro atoms. The highest BCUT2D eigenvalue weighted by Gasteiger charge is 2.21. The number of hydrogen-bond donors (Lipinski definition) is 2. The van der Waals surface area contributed by atoms with Gasteiger partial charge >= 0.3 is 0 Å². The van der Waals surface area contributed by atoms with Crippen LogP contribution in [0, 0.1) is 11.7 Å². The monoisotopic (exact) mass is 273 g/mol. The Morgan fingerprint density at radius 1 is 1.44 bits per heavy atom. The predicted octanol–water partition coefficient (Wildman–Crippen LogP) is 3.02. The standard InChI is InChI=1S/C14H21ClFNO/c1-10(2)8-17-9-14(3,18)7-11-4-5-13(16)12(15)6-11/h4-6,10,17-18H,7-9H2,1-3H3. The van der Waals surface area contributed by atoms with Gasteiger partial charge in [0.1, 0.15) is 5.82 Å². The molecule has 2 nitrogen and oxygen atoms in total. The van der Waals surface area contributed by atoms with Gasteiger partial charge in [-0.15, -0.1) is 0 Å². The normalized spacial score (nSPS) is 14.8. The minimum absolute atomic E-state index is 0.0958. The SMILES string of the molecule is CC(C)CNCC(C)(O)Cc1ccc(F)c(Cl)c1. The molecule has 102 valence electrons. The molecule has 0 aliphatic heterocycles. The Labute approximate surface area is 113 Å². The third kappa shape index (κ3) is 5.34. The largest absolute Gasteiger partial charge is 0.389 e. The summed E-state index contributed by atoms with van der Waals surface area (Å²) in [5.41, 5.74) is -0.0338. The molecule has 1 aromatic carbocycles. The van der Waals surface area contributed by atoms with E-state index in [-0.39, 0.29) is 5.02 Å². The van der Waals surface area contributed by atoms with Gasteiger partial charge in [-0.25, -0.2) is 4.39 Å². The van der Waals surface area contributed by atoms with Gasteiger partial charge in [0.2, 0.25) is 0 Å². The van der Waals surface area contributed by atoms with E-state index in [1.54, 1.807) is 19.1 Å². The first kappa shape index (κ1) is 15.4. The van der Waals surface area contributed by atoms with Crippen molar-refractivity contribution in [1.82, 2.24) is 5.32 Å². The highest BCUT2D eigenvalue weighted by molar-refractivity contribution is 6.30. The van der Waals surface area contributed by atoms with E-state index < -0.39 is 11.4 Å². The molecule has 0 heterocycles. The molecule has 2 N–H and O–H groups in total. The molecule has 1 rings (SSSR count). The molecule has 0 aliphatic carbocycles. The minimum Gasteiger partial charge on any atom is -0.389 e. The average molecular weight is 274 g/mol. The molecule has 0 aromatic heterocycles. The highest BCUT2D eigenvalue weighted by Crippen LogP contribution is 2.19. The van der Waals surface area contributed by atoms with E-state index in [0.29, 0.717) is 18.9 Å². The van der Waals surface area contributed by atoms with E-state index in [9.17, 15) is 9.50 Å². The maximum absolute atomic E-state index is 13.0. The third-order valence-corrected chi connectivity index (χ3v) is 2.92. The van der Waals surface area contributed by atoms with Crippen LogP contribution in [-0.4, -0.2) is 23.8 Å². The van der Waals surface area contributed by atoms with E-state index in [1.807, 2.05) is 0 Å². The minimum atomic E-state index is -0.865. The first-order valence-electron chi connectivity index (χ1n) is 6.17. The van der Waals surface area contributed by atoms with Gasteiger partial charge in [-0.2, -0.15) is 0 Å². The Hall–Kier alpha value is -0.640. The Bertz CT molecular complexity index is 393. The number of aliphatic hydroxyl groups is 1. The van der Waals surface area contributed by atoms with Gasteiger partial charge in [0, 0.05) is 13.0 Å². The van der Waals surface area contributed by atoms with Crippen molar-refractivity contribution < 1.29 is 9.50 Å². The van der Waals surface area contributed by atoms with E-state index in [1.165, 1.54) is 6.07 Å². The maximum atomic E-state index is 13.0. The van der Waals surface area contributed by atoms with Gasteiger partial charge < -0.3 is 10.4 Å². The lowest BCUT2D eigenvalue weighted by Gasteiger charge is -2.24. The lowest BCUT2D eigenvalue weighted by molar-refractivity contribution is 0.0595. The number of rotatable bonds is 6. The van der Waals surface area contributed by atoms with Crippen LogP contribution in [0.1, 0.15) is 26.3 Å². The van der Waals surface area contributed by atoms with Crippen molar-refractivity contribution in [3.63, 3.8) is 0 Å². The molecule has 0 fully saturated rings. The summed E-state index contributed by atoms with van der Waals surface area (Å²) in [6.45, 7) is 7.35. The third-order valence-electron chi connectivity index (χ3n) is 2.63. The Balaban J connectivity index is 2.55. The maximum Gasteiger partial charge on any atom is 0.141 e. The van der Waals surface area contributed by atoms with Crippen molar-refractivity contribution in [3.8, 4) is 0 Å². The van der Waals surface area contributed by atoms with Crippen molar-refractivity contribution >= 4 is 11.6 Å². The Morgan fingerprint density at radius 2 is 2.11 bits per heavy atom. The zero-order valence-corrected chi connectivity index (χ0v) is 11.9. The van der Waals surface area contributed by atoms with Crippen LogP contribution in [0.2, 0.25) is 5.02 Å². The first-order chi connectivity index (χ1) is 8.30. The molecule has 0 bridgehead atoms. The van der Waals surface area contributed by atoms with Crippen molar-refractivity contribution in [3.05, 3.63) is 34.6 Å². The summed E-state index contributed by atoms with van der Waals surface area (Å²) < 4.78 is 13.0. The molecule has 4 heteroatoms. The van der Waals surface area contributed by atoms with Crippen LogP contribution >= 0.6 is 11.6 Å². The van der Waals surface area contributed by atoms with Gasteiger partial charge in [-0.05, 0) is 37.1 Å². The Kier molecular flexibility index (Phi) is 5.57. The van der Waals surface area contributed by atoms with Crippen LogP contribution in [0.3, 0.4) is 0 Å². The summed E-state index contributed by atoms with van der Waals surface area (Å²) in [4.78, 5) is 0. The van der Waals surface area contributed by atoms with Gasteiger partial charge in [0.15, 0.2) is 0 Å². The summed E-state index contributed by atoms with van der Waals surface area (Å²) in [6, 6.07) is 4.54. The molecule has 1 atom stereocenters. The highest BCUT2D eigenvalue weighted by atomic mass is 35.5. The molecule has 18 heavy (non-hydrogen) atoms. The van der Waals surface area contributed by atoms with Gasteiger partial charge in [-0.3, -0.25) is 0 Å². The van der Waals surface area contributed by atoms with E-state index in [0.717, 1.165) is 12.1 Å². The van der Waals surface area contributed by atoms with Crippen LogP contribution in [0.4, 0.5) is 4.39 Å². The lowest BCUT2D eigenvalue weighted by atomic mass is 9.96. The van der Waals surface area contributed by atoms with Gasteiger partial charge in [-0.1, -0.05) is 31.5 Å². The molecule has 0 saturated heterocycles. The molecule has 0 amide bonds. The number of halogens is 2. The zero-order chi connectivity index (χ0) is 13.8. The summed E-state index contributed by atoms with van der Waals surface area (Å²) in [5.74, 6) is 0.110. The fraction of sp³-hybridized carbons (Fsp3) is 0.571. The van der Waals surface area contributed by atoms with Crippen molar-refractivity contribution in [1.29, 1.82) is 0 Å². The number of nitrogens with one attached hydrogen (secondary N) is 1. The van der Waals surface area contributed by atoms with E-state index in [2.05, 4.69) is 19.2 Å². The van der Waals surface area contributed by atoms with Gasteiger partial charge in [0.25, 0.3) is 0 Å². The second-order valence-corrected chi connectivity index (χ2v) is 5.85. The van der Waals surface area contributed by atoms with E-state index in [4.69, 9.17) is 11.6 Å². The summed E-state index contributed by atoms with van der Waals surface area (Å²) >= 11 is 5.72. The zero-order valence-electron chi connectivity index (χ0n) is 11.1. The number of benzene rings is 1. The lowest BCUT2D eigenvalue weighted by Crippen LogP contribution is -2.40. The van der Waals surface area contributed by atoms with Crippen LogP contribution in [-0.2, 0) is 6.42 Å². The second kappa shape index (κ2) is 6.50. The number of hydrogen-bond acceptors (Lipinski definition) is 2. The molecule has 1 aromatic rings. The fourth-order valence-electron chi connectivity index (χ4n) is 1.78. The van der Waals surface area contributed by atoms with Crippen molar-refractivity contribution in [2.75, 3.05) is 13.1 Å². The summed E-state index contributed by atoms with van der Waals surface area (Å²) in [5, 5.41) is 13.6. The van der Waals surface area contributed by atoms with E-state index >= 15 is 0 Å². The Morgan fingerprint density at radius 3 is 2.67 bits per heavy atom. The molecule has 0 saturated carbocycles. The average Bonchev–Trinajstić information content (AvgIpc) is 2.22. The molecule has 1 unspecified atom stereocenters. The van der Waals surface area contributed by atoms with Crippen LogP contribution in [0.5, 0.6) is 0 Å². The summed E-state index contributed by atoms with van der Waals surface area (Å²) in [6.07, 6.45) is 0.443. The first-order valence-corrected chi connectivity index (χ1v) is 6.55. The fourth-order valence-corrected chi connectivity index (χ4v) is 1.99. The van der Waals surface area contributed by atoms with Crippen molar-refractivity contribution in [2.24, 2.45) is 5.92 Å². The smallest absolute Gasteiger partial charge is 0.141 e. The molecular weight excluding hydrogens is 253 g/mol. The van der Waals surface area contributed by atoms with Crippen LogP contribution < -0.4 is 5.32 Å². The van der Waals surface area contributed by atoms with Gasteiger partial charge in [0.05, 0.1) is 10.6 Å².